The van der Waals surface area contributed by atoms with Crippen molar-refractivity contribution in [3.8, 4) is 5.75 Å². The van der Waals surface area contributed by atoms with Gasteiger partial charge in [0.15, 0.2) is 0 Å². The molecule has 8 heteroatoms. The Morgan fingerprint density at radius 2 is 1.87 bits per heavy atom. The van der Waals surface area contributed by atoms with Gasteiger partial charge in [0, 0.05) is 29.6 Å². The number of aliphatic carboxylic acids is 1. The summed E-state index contributed by atoms with van der Waals surface area (Å²) in [6.07, 6.45) is 4.34. The summed E-state index contributed by atoms with van der Waals surface area (Å²) >= 11 is 6.09. The summed E-state index contributed by atoms with van der Waals surface area (Å²) in [5, 5.41) is 9.55. The Hall–Kier alpha value is -2.25. The maximum Gasteiger partial charge on any atom is 0.416 e. The Morgan fingerprint density at radius 3 is 2.49 bits per heavy atom. The Bertz CT molecular complexity index is 1200. The Morgan fingerprint density at radius 1 is 1.13 bits per heavy atom. The number of piperidine rings is 1. The Labute approximate surface area is 233 Å². The van der Waals surface area contributed by atoms with Crippen LogP contribution in [0.15, 0.2) is 36.4 Å². The van der Waals surface area contributed by atoms with Gasteiger partial charge in [-0.1, -0.05) is 49.9 Å². The highest BCUT2D eigenvalue weighted by Gasteiger charge is 2.50. The van der Waals surface area contributed by atoms with Gasteiger partial charge in [0.25, 0.3) is 0 Å². The number of carboxylic acid groups (broad SMARTS) is 1. The number of ether oxygens (including phenoxy) is 1. The largest absolute Gasteiger partial charge is 0.490 e. The van der Waals surface area contributed by atoms with Crippen LogP contribution in [0.3, 0.4) is 0 Å². The molecule has 2 aromatic rings. The third-order valence-corrected chi connectivity index (χ3v) is 9.04. The van der Waals surface area contributed by atoms with Gasteiger partial charge in [0.1, 0.15) is 11.9 Å². The first-order valence-electron chi connectivity index (χ1n) is 14.1. The summed E-state index contributed by atoms with van der Waals surface area (Å²) in [7, 11) is 0. The molecule has 4 aliphatic rings. The zero-order chi connectivity index (χ0) is 27.9. The fourth-order valence-electron chi connectivity index (χ4n) is 6.58. The molecule has 2 aromatic carbocycles. The van der Waals surface area contributed by atoms with E-state index in [4.69, 9.17) is 16.3 Å². The van der Waals surface area contributed by atoms with Crippen molar-refractivity contribution in [2.45, 2.75) is 89.6 Å². The van der Waals surface area contributed by atoms with E-state index in [0.29, 0.717) is 23.3 Å². The van der Waals surface area contributed by atoms with Gasteiger partial charge in [-0.3, -0.25) is 9.69 Å². The minimum atomic E-state index is -4.42. The standard InChI is InChI=1S/C28H31ClF3NO3.C3H6/c1-15(27(34)35)9-17-3-4-18-5-8-25(36-26(18)10-17)23-13-21-11-19(23)14-33(21)16(2)22-12-20(29)6-7-24(22)28(30,31)32;1-2-3-1/h3-4,6-7,10,12,15-16,19,21,23,25H,5,8-9,11,13-14H2,1-2H3,(H,34,35);1-3H2. The van der Waals surface area contributed by atoms with E-state index in [2.05, 4.69) is 4.90 Å². The first-order valence-corrected chi connectivity index (χ1v) is 14.5. The molecular weight excluding hydrogens is 527 g/mol. The number of alkyl halides is 3. The van der Waals surface area contributed by atoms with Gasteiger partial charge >= 0.3 is 12.1 Å². The second-order valence-corrected chi connectivity index (χ2v) is 12.2. The molecule has 2 aliphatic carbocycles. The molecule has 1 N–H and O–H groups in total. The molecule has 2 heterocycles. The third-order valence-electron chi connectivity index (χ3n) is 8.81. The molecule has 2 saturated carbocycles. The Kier molecular flexibility index (Phi) is 8.21. The van der Waals surface area contributed by atoms with E-state index in [1.807, 2.05) is 25.1 Å². The Balaban J connectivity index is 0.000000962. The topological polar surface area (TPSA) is 49.8 Å². The fourth-order valence-corrected chi connectivity index (χ4v) is 6.76. The number of fused-ring (bicyclic) bond motifs is 3. The molecule has 2 aliphatic heterocycles. The van der Waals surface area contributed by atoms with Crippen LogP contribution in [-0.4, -0.2) is 34.7 Å². The van der Waals surface area contributed by atoms with E-state index in [9.17, 15) is 23.1 Å². The minimum absolute atomic E-state index is 0.0778. The lowest BCUT2D eigenvalue weighted by Crippen LogP contribution is -2.43. The lowest BCUT2D eigenvalue weighted by Gasteiger charge is -2.40. The van der Waals surface area contributed by atoms with Gasteiger partial charge in [0.2, 0.25) is 0 Å². The lowest BCUT2D eigenvalue weighted by molar-refractivity contribution is -0.141. The first-order chi connectivity index (χ1) is 18.5. The van der Waals surface area contributed by atoms with E-state index in [1.54, 1.807) is 6.92 Å². The van der Waals surface area contributed by atoms with Crippen molar-refractivity contribution < 1.29 is 27.8 Å². The predicted molar refractivity (Wildman–Crippen MR) is 145 cm³/mol. The fraction of sp³-hybridized carbons (Fsp3) is 0.581. The van der Waals surface area contributed by atoms with Gasteiger partial charge in [-0.25, -0.2) is 0 Å². The monoisotopic (exact) mass is 563 g/mol. The summed E-state index contributed by atoms with van der Waals surface area (Å²) in [6, 6.07) is 9.73. The van der Waals surface area contributed by atoms with Crippen LogP contribution in [0.2, 0.25) is 5.02 Å². The number of benzene rings is 2. The molecule has 212 valence electrons. The highest BCUT2D eigenvalue weighted by atomic mass is 35.5. The van der Waals surface area contributed by atoms with Crippen LogP contribution < -0.4 is 4.74 Å². The maximum atomic E-state index is 13.7. The lowest BCUT2D eigenvalue weighted by atomic mass is 9.84. The van der Waals surface area contributed by atoms with E-state index in [1.165, 1.54) is 31.4 Å². The van der Waals surface area contributed by atoms with Gasteiger partial charge < -0.3 is 9.84 Å². The van der Waals surface area contributed by atoms with Gasteiger partial charge in [-0.05, 0) is 85.9 Å². The number of aryl methyl sites for hydroxylation is 1. The second-order valence-electron chi connectivity index (χ2n) is 11.8. The van der Waals surface area contributed by atoms with Crippen LogP contribution in [0, 0.1) is 17.8 Å². The highest BCUT2D eigenvalue weighted by Crippen LogP contribution is 2.50. The number of rotatable bonds is 6. The average Bonchev–Trinajstić information content (AvgIpc) is 3.64. The SMILES string of the molecule is C1CC1.CC(Cc1ccc2c(c1)OC(C1CC3CC1CN3C(C)c1cc(Cl)ccc1C(F)(F)F)CC2)C(=O)O. The molecule has 6 atom stereocenters. The zero-order valence-electron chi connectivity index (χ0n) is 22.5. The number of hydrogen-bond acceptors (Lipinski definition) is 3. The molecule has 4 nitrogen and oxygen atoms in total. The normalized spacial score (nSPS) is 27.1. The molecule has 0 aromatic heterocycles. The van der Waals surface area contributed by atoms with Crippen LogP contribution in [-0.2, 0) is 23.8 Å². The number of likely N-dealkylation sites (tertiary alicyclic amines) is 1. The van der Waals surface area contributed by atoms with Gasteiger partial charge in [0.05, 0.1) is 11.5 Å². The number of nitrogens with zero attached hydrogens (tertiary/aromatic N) is 1. The first kappa shape index (κ1) is 28.3. The molecule has 0 spiro atoms. The van der Waals surface area contributed by atoms with E-state index >= 15 is 0 Å². The molecule has 6 unspecified atom stereocenters. The molecule has 6 rings (SSSR count). The molecular formula is C31H37ClF3NO3. The van der Waals surface area contributed by atoms with Crippen LogP contribution >= 0.6 is 11.6 Å². The minimum Gasteiger partial charge on any atom is -0.490 e. The molecule has 0 radical (unpaired) electrons. The summed E-state index contributed by atoms with van der Waals surface area (Å²) in [5.74, 6) is 0.330. The summed E-state index contributed by atoms with van der Waals surface area (Å²) < 4.78 is 47.5. The van der Waals surface area contributed by atoms with Gasteiger partial charge in [-0.15, -0.1) is 0 Å². The predicted octanol–water partition coefficient (Wildman–Crippen LogP) is 7.96. The highest BCUT2D eigenvalue weighted by molar-refractivity contribution is 6.30. The van der Waals surface area contributed by atoms with Crippen molar-refractivity contribution in [1.82, 2.24) is 4.90 Å². The van der Waals surface area contributed by atoms with Crippen LogP contribution in [0.5, 0.6) is 5.75 Å². The summed E-state index contributed by atoms with van der Waals surface area (Å²) in [4.78, 5) is 13.5. The van der Waals surface area contributed by atoms with Crippen LogP contribution in [0.25, 0.3) is 0 Å². The maximum absolute atomic E-state index is 13.7. The quantitative estimate of drug-likeness (QED) is 0.387. The molecule has 2 bridgehead atoms. The summed E-state index contributed by atoms with van der Waals surface area (Å²) in [6.45, 7) is 4.31. The number of halogens is 4. The van der Waals surface area contributed by atoms with E-state index in [0.717, 1.165) is 55.2 Å². The molecule has 39 heavy (non-hydrogen) atoms. The third kappa shape index (κ3) is 6.40. The number of carbonyl (C=O) groups is 1. The molecule has 0 amide bonds. The summed E-state index contributed by atoms with van der Waals surface area (Å²) in [5.41, 5.74) is 1.74. The van der Waals surface area contributed by atoms with Gasteiger partial charge in [-0.2, -0.15) is 13.2 Å². The van der Waals surface area contributed by atoms with Crippen molar-refractivity contribution in [2.24, 2.45) is 17.8 Å². The zero-order valence-corrected chi connectivity index (χ0v) is 23.3. The average molecular weight is 564 g/mol. The smallest absolute Gasteiger partial charge is 0.416 e. The number of hydrogen-bond donors (Lipinski definition) is 1. The van der Waals surface area contributed by atoms with Crippen molar-refractivity contribution in [3.05, 3.63) is 63.7 Å². The van der Waals surface area contributed by atoms with Crippen molar-refractivity contribution in [3.63, 3.8) is 0 Å². The van der Waals surface area contributed by atoms with Crippen molar-refractivity contribution in [2.75, 3.05) is 6.54 Å². The van der Waals surface area contributed by atoms with E-state index < -0.39 is 23.6 Å². The number of carboxylic acids is 1. The molecule has 1 saturated heterocycles. The van der Waals surface area contributed by atoms with Crippen molar-refractivity contribution in [1.29, 1.82) is 0 Å². The van der Waals surface area contributed by atoms with Crippen molar-refractivity contribution >= 4 is 17.6 Å². The van der Waals surface area contributed by atoms with E-state index in [-0.39, 0.29) is 23.8 Å². The van der Waals surface area contributed by atoms with Crippen LogP contribution in [0.4, 0.5) is 13.2 Å². The molecule has 3 fully saturated rings. The second kappa shape index (κ2) is 11.3. The van der Waals surface area contributed by atoms with Crippen LogP contribution in [0.1, 0.15) is 80.7 Å².